The molecule has 3 aromatic rings. The second-order valence-corrected chi connectivity index (χ2v) is 7.57. The van der Waals surface area contributed by atoms with Gasteiger partial charge in [0, 0.05) is 23.1 Å². The molecule has 0 spiro atoms. The SMILES string of the molecule is COc1ccc(F)cc1-c1csc(NC(=O)CCc2c(C)nn(CCC#N)c2C)n1. The first-order valence-electron chi connectivity index (χ1n) is 9.42. The lowest BCUT2D eigenvalue weighted by Crippen LogP contribution is -2.12. The molecule has 0 unspecified atom stereocenters. The number of hydrogen-bond acceptors (Lipinski definition) is 6. The normalized spacial score (nSPS) is 10.6. The molecular formula is C21H22FN5O2S. The average Bonchev–Trinajstić information content (AvgIpc) is 3.29. The van der Waals surface area contributed by atoms with Gasteiger partial charge in [0.05, 0.1) is 37.5 Å². The van der Waals surface area contributed by atoms with Gasteiger partial charge < -0.3 is 10.1 Å². The number of methoxy groups -OCH3 is 1. The Kier molecular flexibility index (Phi) is 6.79. The number of rotatable bonds is 8. The lowest BCUT2D eigenvalue weighted by molar-refractivity contribution is -0.116. The van der Waals surface area contributed by atoms with Crippen LogP contribution in [-0.4, -0.2) is 27.8 Å². The quantitative estimate of drug-likeness (QED) is 0.580. The third-order valence-corrected chi connectivity index (χ3v) is 5.51. The summed E-state index contributed by atoms with van der Waals surface area (Å²) in [6, 6.07) is 6.34. The van der Waals surface area contributed by atoms with Crippen molar-refractivity contribution < 1.29 is 13.9 Å². The minimum absolute atomic E-state index is 0.161. The summed E-state index contributed by atoms with van der Waals surface area (Å²) in [6.07, 6.45) is 1.22. The predicted molar refractivity (Wildman–Crippen MR) is 113 cm³/mol. The number of carbonyl (C=O) groups excluding carboxylic acids is 1. The molecule has 7 nitrogen and oxygen atoms in total. The van der Waals surface area contributed by atoms with Crippen LogP contribution in [0.15, 0.2) is 23.6 Å². The highest BCUT2D eigenvalue weighted by atomic mass is 32.1. The highest BCUT2D eigenvalue weighted by Crippen LogP contribution is 2.32. The molecule has 1 amide bonds. The van der Waals surface area contributed by atoms with Crippen LogP contribution in [0.4, 0.5) is 9.52 Å². The first-order valence-corrected chi connectivity index (χ1v) is 10.3. The first kappa shape index (κ1) is 21.5. The van der Waals surface area contributed by atoms with Gasteiger partial charge in [0.15, 0.2) is 5.13 Å². The highest BCUT2D eigenvalue weighted by molar-refractivity contribution is 7.14. The molecule has 0 radical (unpaired) electrons. The minimum atomic E-state index is -0.384. The molecule has 9 heteroatoms. The molecule has 0 bridgehead atoms. The number of halogens is 1. The molecular weight excluding hydrogens is 405 g/mol. The van der Waals surface area contributed by atoms with Gasteiger partial charge in [0.25, 0.3) is 0 Å². The van der Waals surface area contributed by atoms with Gasteiger partial charge in [-0.1, -0.05) is 0 Å². The number of thiazole rings is 1. The number of hydrogen-bond donors (Lipinski definition) is 1. The molecule has 0 fully saturated rings. The van der Waals surface area contributed by atoms with Gasteiger partial charge in [0.1, 0.15) is 11.6 Å². The van der Waals surface area contributed by atoms with Crippen molar-refractivity contribution in [2.24, 2.45) is 0 Å². The Hall–Kier alpha value is -3.25. The predicted octanol–water partition coefficient (Wildman–Crippen LogP) is 4.26. The third-order valence-electron chi connectivity index (χ3n) is 4.76. The van der Waals surface area contributed by atoms with Gasteiger partial charge in [0.2, 0.25) is 5.91 Å². The van der Waals surface area contributed by atoms with Crippen molar-refractivity contribution in [2.75, 3.05) is 12.4 Å². The van der Waals surface area contributed by atoms with E-state index < -0.39 is 0 Å². The number of benzene rings is 1. The van der Waals surface area contributed by atoms with Gasteiger partial charge in [-0.05, 0) is 44.0 Å². The maximum atomic E-state index is 13.6. The fourth-order valence-corrected chi connectivity index (χ4v) is 3.95. The van der Waals surface area contributed by atoms with Crippen LogP contribution in [0.1, 0.15) is 29.8 Å². The van der Waals surface area contributed by atoms with Gasteiger partial charge in [-0.15, -0.1) is 11.3 Å². The van der Waals surface area contributed by atoms with Crippen LogP contribution in [0.3, 0.4) is 0 Å². The third kappa shape index (κ3) is 4.83. The lowest BCUT2D eigenvalue weighted by Gasteiger charge is -2.06. The number of anilines is 1. The largest absolute Gasteiger partial charge is 0.496 e. The number of nitriles is 1. The van der Waals surface area contributed by atoms with Gasteiger partial charge in [-0.3, -0.25) is 9.48 Å². The number of amides is 1. The Balaban J connectivity index is 1.64. The summed E-state index contributed by atoms with van der Waals surface area (Å²) < 4.78 is 20.7. The molecule has 1 N–H and O–H groups in total. The molecule has 0 aliphatic carbocycles. The van der Waals surface area contributed by atoms with E-state index in [2.05, 4.69) is 21.5 Å². The van der Waals surface area contributed by atoms with Crippen LogP contribution in [-0.2, 0) is 17.8 Å². The number of nitrogens with zero attached hydrogens (tertiary/aromatic N) is 4. The highest BCUT2D eigenvalue weighted by Gasteiger charge is 2.15. The van der Waals surface area contributed by atoms with E-state index in [1.165, 1.54) is 30.6 Å². The summed E-state index contributed by atoms with van der Waals surface area (Å²) in [5.41, 5.74) is 3.94. The maximum Gasteiger partial charge on any atom is 0.226 e. The Morgan fingerprint density at radius 3 is 2.93 bits per heavy atom. The van der Waals surface area contributed by atoms with Crippen LogP contribution in [0.25, 0.3) is 11.3 Å². The monoisotopic (exact) mass is 427 g/mol. The Labute approximate surface area is 178 Å². The van der Waals surface area contributed by atoms with E-state index in [1.807, 2.05) is 18.5 Å². The maximum absolute atomic E-state index is 13.6. The second-order valence-electron chi connectivity index (χ2n) is 6.71. The molecule has 0 saturated heterocycles. The Bertz CT molecular complexity index is 1100. The molecule has 3 rings (SSSR count). The molecule has 2 aromatic heterocycles. The van der Waals surface area contributed by atoms with Crippen LogP contribution in [0.2, 0.25) is 0 Å². The smallest absolute Gasteiger partial charge is 0.226 e. The summed E-state index contributed by atoms with van der Waals surface area (Å²) in [5, 5.41) is 18.2. The van der Waals surface area contributed by atoms with Crippen LogP contribution in [0.5, 0.6) is 5.75 Å². The zero-order valence-corrected chi connectivity index (χ0v) is 17.8. The average molecular weight is 428 g/mol. The van der Waals surface area contributed by atoms with Gasteiger partial charge >= 0.3 is 0 Å². The first-order chi connectivity index (χ1) is 14.4. The van der Waals surface area contributed by atoms with E-state index >= 15 is 0 Å². The van der Waals surface area contributed by atoms with E-state index in [1.54, 1.807) is 11.4 Å². The van der Waals surface area contributed by atoms with E-state index in [-0.39, 0.29) is 18.1 Å². The molecule has 2 heterocycles. The molecule has 1 aromatic carbocycles. The number of aryl methyl sites for hydroxylation is 2. The molecule has 30 heavy (non-hydrogen) atoms. The number of ether oxygens (including phenoxy) is 1. The second kappa shape index (κ2) is 9.50. The van der Waals surface area contributed by atoms with Crippen LogP contribution in [0, 0.1) is 31.0 Å². The fraction of sp³-hybridized carbons (Fsp3) is 0.333. The number of nitrogens with one attached hydrogen (secondary N) is 1. The van der Waals surface area contributed by atoms with Gasteiger partial charge in [-0.2, -0.15) is 10.4 Å². The van der Waals surface area contributed by atoms with E-state index in [0.29, 0.717) is 41.5 Å². The molecule has 156 valence electrons. The van der Waals surface area contributed by atoms with Crippen molar-refractivity contribution in [3.63, 3.8) is 0 Å². The van der Waals surface area contributed by atoms with E-state index in [4.69, 9.17) is 10.00 Å². The lowest BCUT2D eigenvalue weighted by atomic mass is 10.1. The summed E-state index contributed by atoms with van der Waals surface area (Å²) in [6.45, 7) is 4.40. The van der Waals surface area contributed by atoms with E-state index in [0.717, 1.165) is 17.0 Å². The van der Waals surface area contributed by atoms with Crippen molar-refractivity contribution in [3.05, 3.63) is 46.3 Å². The number of carbonyl (C=O) groups is 1. The topological polar surface area (TPSA) is 92.8 Å². The summed E-state index contributed by atoms with van der Waals surface area (Å²) in [5.74, 6) is -0.0324. The van der Waals surface area contributed by atoms with Crippen molar-refractivity contribution in [1.82, 2.24) is 14.8 Å². The summed E-state index contributed by atoms with van der Waals surface area (Å²) in [4.78, 5) is 16.8. The van der Waals surface area contributed by atoms with Crippen molar-refractivity contribution in [1.29, 1.82) is 5.26 Å². The minimum Gasteiger partial charge on any atom is -0.496 e. The Morgan fingerprint density at radius 2 is 2.20 bits per heavy atom. The van der Waals surface area contributed by atoms with Crippen LogP contribution < -0.4 is 10.1 Å². The standard InChI is InChI=1S/C21H22FN5O2S/c1-13-16(14(2)27(26-13)10-4-9-23)6-8-20(28)25-21-24-18(12-30-21)17-11-15(22)5-7-19(17)29-3/h5,7,11-12H,4,6,8,10H2,1-3H3,(H,24,25,28). The van der Waals surface area contributed by atoms with E-state index in [9.17, 15) is 9.18 Å². The molecule has 0 aliphatic heterocycles. The van der Waals surface area contributed by atoms with Crippen molar-refractivity contribution in [3.8, 4) is 23.1 Å². The van der Waals surface area contributed by atoms with Gasteiger partial charge in [-0.25, -0.2) is 9.37 Å². The van der Waals surface area contributed by atoms with Crippen molar-refractivity contribution in [2.45, 2.75) is 39.7 Å². The zero-order valence-electron chi connectivity index (χ0n) is 17.0. The zero-order chi connectivity index (χ0) is 21.7. The molecule has 0 saturated carbocycles. The Morgan fingerprint density at radius 1 is 1.40 bits per heavy atom. The van der Waals surface area contributed by atoms with Crippen LogP contribution >= 0.6 is 11.3 Å². The number of aromatic nitrogens is 3. The summed E-state index contributed by atoms with van der Waals surface area (Å²) in [7, 11) is 1.51. The molecule has 0 atom stereocenters. The molecule has 0 aliphatic rings. The summed E-state index contributed by atoms with van der Waals surface area (Å²) >= 11 is 1.27. The fourth-order valence-electron chi connectivity index (χ4n) is 3.22. The van der Waals surface area contributed by atoms with Crippen molar-refractivity contribution >= 4 is 22.4 Å².